The van der Waals surface area contributed by atoms with Crippen LogP contribution in [0.1, 0.15) is 58.1 Å². The van der Waals surface area contributed by atoms with Crippen molar-refractivity contribution in [2.75, 3.05) is 26.4 Å². The molecule has 2 N–H and O–H groups in total. The molecular weight excluding hydrogens is 536 g/mol. The number of imide groups is 2. The molecule has 0 spiro atoms. The normalized spacial score (nSPS) is 25.4. The molecule has 0 radical (unpaired) electrons. The molecule has 0 saturated carbocycles. The highest BCUT2D eigenvalue weighted by molar-refractivity contribution is 7.90. The Bertz CT molecular complexity index is 1060. The van der Waals surface area contributed by atoms with Crippen LogP contribution in [0, 0.1) is 11.7 Å². The summed E-state index contributed by atoms with van der Waals surface area (Å²) in [6, 6.07) is 1.07. The lowest BCUT2D eigenvalue weighted by Gasteiger charge is -2.38. The first-order valence-electron chi connectivity index (χ1n) is 13.1. The highest BCUT2D eigenvalue weighted by Gasteiger charge is 2.46. The summed E-state index contributed by atoms with van der Waals surface area (Å²) in [5.74, 6) is -3.75. The molecule has 3 aliphatic heterocycles. The molecule has 13 heteroatoms. The molecule has 10 nitrogen and oxygen atoms in total. The number of benzene rings is 1. The molecule has 39 heavy (non-hydrogen) atoms. The molecule has 3 heterocycles. The molecule has 3 fully saturated rings. The number of rotatable bonds is 9. The van der Waals surface area contributed by atoms with Crippen molar-refractivity contribution in [3.63, 3.8) is 0 Å². The number of barbiturate groups is 1. The predicted molar refractivity (Wildman–Crippen MR) is 137 cm³/mol. The van der Waals surface area contributed by atoms with Crippen LogP contribution in [0.25, 0.3) is 0 Å². The van der Waals surface area contributed by atoms with Crippen molar-refractivity contribution in [3.8, 4) is 5.75 Å². The van der Waals surface area contributed by atoms with Crippen LogP contribution in [0.15, 0.2) is 18.2 Å². The van der Waals surface area contributed by atoms with E-state index in [4.69, 9.17) is 14.2 Å². The zero-order valence-electron chi connectivity index (χ0n) is 22.2. The number of carbonyl (C=O) groups excluding carboxylic acids is 3. The smallest absolute Gasteiger partial charge is 0.331 e. The molecule has 5 atom stereocenters. The minimum absolute atomic E-state index is 0.155. The Morgan fingerprint density at radius 1 is 1.18 bits per heavy atom. The van der Waals surface area contributed by atoms with E-state index in [0.717, 1.165) is 11.0 Å². The standard InChI is InChI=1S/C26H35F2N3O7S/c1-26(2,3)39(35)30-22(18-12-16(4-5-20(18)27)38-17-8-11-37-14-17)21(28)13-19-23(32)29-25(34)31(24(19)33)15-6-9-36-10-7-15/h4-5,12,15,17,19,21-22,30H,6-11,13-14H2,1-3H3,(H,29,32,34)/t17-,19?,21?,22?,39+/m0/s1. The summed E-state index contributed by atoms with van der Waals surface area (Å²) in [5, 5.41) is 2.15. The van der Waals surface area contributed by atoms with Gasteiger partial charge < -0.3 is 18.8 Å². The largest absolute Gasteiger partial charge is 0.598 e. The maximum absolute atomic E-state index is 16.1. The Kier molecular flexibility index (Phi) is 9.48. The fourth-order valence-corrected chi connectivity index (χ4v) is 5.61. The molecule has 216 valence electrons. The van der Waals surface area contributed by atoms with Crippen molar-refractivity contribution in [1.29, 1.82) is 0 Å². The molecule has 3 saturated heterocycles. The van der Waals surface area contributed by atoms with Gasteiger partial charge in [-0.05, 0) is 51.8 Å². The second-order valence-corrected chi connectivity index (χ2v) is 12.9. The van der Waals surface area contributed by atoms with Gasteiger partial charge in [-0.25, -0.2) is 13.6 Å². The number of halogens is 2. The van der Waals surface area contributed by atoms with E-state index in [2.05, 4.69) is 10.0 Å². The van der Waals surface area contributed by atoms with Crippen molar-refractivity contribution < 1.29 is 41.9 Å². The van der Waals surface area contributed by atoms with Gasteiger partial charge in [0.25, 0.3) is 0 Å². The fourth-order valence-electron chi connectivity index (χ4n) is 4.75. The monoisotopic (exact) mass is 571 g/mol. The van der Waals surface area contributed by atoms with Crippen LogP contribution in [0.4, 0.5) is 13.6 Å². The van der Waals surface area contributed by atoms with Crippen LogP contribution in [0.5, 0.6) is 5.75 Å². The third-order valence-corrected chi connectivity index (χ3v) is 8.54. The molecule has 3 unspecified atom stereocenters. The number of nitrogens with one attached hydrogen (secondary N) is 2. The third kappa shape index (κ3) is 7.07. The third-order valence-electron chi connectivity index (χ3n) is 6.96. The maximum Gasteiger partial charge on any atom is 0.331 e. The maximum atomic E-state index is 16.1. The number of carbonyl (C=O) groups is 3. The second-order valence-electron chi connectivity index (χ2n) is 10.9. The Morgan fingerprint density at radius 2 is 1.87 bits per heavy atom. The van der Waals surface area contributed by atoms with E-state index in [9.17, 15) is 18.9 Å². The van der Waals surface area contributed by atoms with Crippen LogP contribution >= 0.6 is 0 Å². The van der Waals surface area contributed by atoms with E-state index in [1.54, 1.807) is 20.8 Å². The van der Waals surface area contributed by atoms with Crippen LogP contribution < -0.4 is 14.8 Å². The average Bonchev–Trinajstić information content (AvgIpc) is 3.39. The van der Waals surface area contributed by atoms with Crippen LogP contribution in [-0.2, 0) is 30.4 Å². The van der Waals surface area contributed by atoms with E-state index in [0.29, 0.717) is 45.7 Å². The van der Waals surface area contributed by atoms with Crippen molar-refractivity contribution in [3.05, 3.63) is 29.6 Å². The predicted octanol–water partition coefficient (Wildman–Crippen LogP) is 2.69. The molecular formula is C26H35F2N3O7S. The van der Waals surface area contributed by atoms with Gasteiger partial charge in [0.05, 0.1) is 13.2 Å². The summed E-state index contributed by atoms with van der Waals surface area (Å²) in [6.07, 6.45) is -1.47. The fraction of sp³-hybridized carbons (Fsp3) is 0.654. The highest BCUT2D eigenvalue weighted by atomic mass is 32.2. The lowest BCUT2D eigenvalue weighted by Crippen LogP contribution is -2.62. The zero-order valence-corrected chi connectivity index (χ0v) is 23.1. The molecule has 0 aromatic heterocycles. The SMILES string of the molecule is CC(C)(C)[S@@+]([O-])NC(c1cc(O[C@H]2CCOC2)ccc1F)C(F)CC1C(=O)NC(=O)N(C2CCOCC2)C1=O. The summed E-state index contributed by atoms with van der Waals surface area (Å²) in [6.45, 7) is 6.62. The lowest BCUT2D eigenvalue weighted by atomic mass is 9.90. The minimum Gasteiger partial charge on any atom is -0.598 e. The zero-order chi connectivity index (χ0) is 28.3. The Labute approximate surface area is 229 Å². The van der Waals surface area contributed by atoms with Crippen molar-refractivity contribution in [2.24, 2.45) is 5.92 Å². The lowest BCUT2D eigenvalue weighted by molar-refractivity contribution is -0.146. The number of alkyl halides is 1. The van der Waals surface area contributed by atoms with E-state index in [1.165, 1.54) is 12.1 Å². The van der Waals surface area contributed by atoms with Crippen molar-refractivity contribution in [1.82, 2.24) is 14.9 Å². The Morgan fingerprint density at radius 3 is 2.51 bits per heavy atom. The van der Waals surface area contributed by atoms with Gasteiger partial charge in [0.2, 0.25) is 11.8 Å². The molecule has 1 aromatic rings. The van der Waals surface area contributed by atoms with Crippen molar-refractivity contribution in [2.45, 2.75) is 75.6 Å². The summed E-state index contributed by atoms with van der Waals surface area (Å²) in [4.78, 5) is 39.4. The van der Waals surface area contributed by atoms with Gasteiger partial charge in [-0.1, -0.05) is 0 Å². The molecule has 0 bridgehead atoms. The van der Waals surface area contributed by atoms with Gasteiger partial charge in [0.1, 0.15) is 40.5 Å². The summed E-state index contributed by atoms with van der Waals surface area (Å²) < 4.78 is 62.6. The second kappa shape index (κ2) is 12.5. The average molecular weight is 572 g/mol. The van der Waals surface area contributed by atoms with Crippen LogP contribution in [0.2, 0.25) is 0 Å². The van der Waals surface area contributed by atoms with Gasteiger partial charge in [-0.15, -0.1) is 4.72 Å². The molecule has 4 amide bonds. The molecule has 3 aliphatic rings. The number of hydrogen-bond acceptors (Lipinski definition) is 8. The quantitative estimate of drug-likeness (QED) is 0.342. The number of amides is 4. The molecule has 4 rings (SSSR count). The van der Waals surface area contributed by atoms with E-state index >= 15 is 8.78 Å². The molecule has 1 aromatic carbocycles. The minimum atomic E-state index is -2.03. The molecule has 0 aliphatic carbocycles. The van der Waals surface area contributed by atoms with Crippen molar-refractivity contribution >= 4 is 29.2 Å². The van der Waals surface area contributed by atoms with Gasteiger partial charge in [0.15, 0.2) is 0 Å². The van der Waals surface area contributed by atoms with Gasteiger partial charge >= 0.3 is 6.03 Å². The first-order chi connectivity index (χ1) is 18.5. The summed E-state index contributed by atoms with van der Waals surface area (Å²) in [7, 11) is 0. The van der Waals surface area contributed by atoms with Gasteiger partial charge in [0, 0.05) is 49.0 Å². The number of nitrogens with zero attached hydrogens (tertiary/aromatic N) is 1. The van der Waals surface area contributed by atoms with Crippen LogP contribution in [0.3, 0.4) is 0 Å². The summed E-state index contributed by atoms with van der Waals surface area (Å²) in [5.41, 5.74) is -0.155. The number of ether oxygens (including phenoxy) is 3. The first-order valence-corrected chi connectivity index (χ1v) is 14.2. The van der Waals surface area contributed by atoms with E-state index < -0.39 is 70.4 Å². The van der Waals surface area contributed by atoms with Gasteiger partial charge in [-0.3, -0.25) is 19.8 Å². The van der Waals surface area contributed by atoms with Gasteiger partial charge in [-0.2, -0.15) is 0 Å². The van der Waals surface area contributed by atoms with E-state index in [-0.39, 0.29) is 17.4 Å². The van der Waals surface area contributed by atoms with E-state index in [1.807, 2.05) is 0 Å². The van der Waals surface area contributed by atoms with Crippen LogP contribution in [-0.4, -0.2) is 76.8 Å². The Hall–Kier alpha value is -2.32. The topological polar surface area (TPSA) is 129 Å². The Balaban J connectivity index is 1.59. The number of hydrogen-bond donors (Lipinski definition) is 2. The summed E-state index contributed by atoms with van der Waals surface area (Å²) >= 11 is -1.83. The first kappa shape index (κ1) is 29.7. The number of urea groups is 1. The highest BCUT2D eigenvalue weighted by Crippen LogP contribution is 2.34.